The average molecular weight is 170 g/mol. The lowest BCUT2D eigenvalue weighted by Gasteiger charge is -2.19. The average Bonchev–Trinajstić information content (AvgIpc) is 1.56. The van der Waals surface area contributed by atoms with Gasteiger partial charge in [0.1, 0.15) is 6.42 Å². The molecule has 3 N–H and O–H groups in total. The van der Waals surface area contributed by atoms with Gasteiger partial charge in [-0.25, -0.2) is 0 Å². The van der Waals surface area contributed by atoms with Gasteiger partial charge in [0.2, 0.25) is 5.91 Å². The Balaban J connectivity index is 4.25. The molecule has 1 atom stereocenters. The van der Waals surface area contributed by atoms with Crippen LogP contribution in [0.3, 0.4) is 0 Å². The van der Waals surface area contributed by atoms with Crippen LogP contribution in [0.2, 0.25) is 0 Å². The summed E-state index contributed by atoms with van der Waals surface area (Å²) in [5, 5.41) is 8.68. The predicted octanol–water partition coefficient (Wildman–Crippen LogP) is -0.0107. The number of amides is 1. The summed E-state index contributed by atoms with van der Waals surface area (Å²) in [6, 6.07) is 0. The first-order valence-corrected chi connectivity index (χ1v) is 2.61. The second-order valence-electron chi connectivity index (χ2n) is 2.20. The van der Waals surface area contributed by atoms with Crippen LogP contribution in [0.4, 0.5) is 13.2 Å². The molecule has 0 aromatic heterocycles. The summed E-state index contributed by atoms with van der Waals surface area (Å²) in [7, 11) is 0. The van der Waals surface area contributed by atoms with Crippen molar-refractivity contribution in [1.82, 2.24) is 0 Å². The van der Waals surface area contributed by atoms with Gasteiger partial charge in [-0.1, -0.05) is 0 Å². The van der Waals surface area contributed by atoms with Crippen LogP contribution in [0.15, 0.2) is 0 Å². The summed E-state index contributed by atoms with van der Waals surface area (Å²) in [4.78, 5) is 10.1. The summed E-state index contributed by atoms with van der Waals surface area (Å²) in [6.45, 7) is 0.669. The third kappa shape index (κ3) is 3.82. The zero-order chi connectivity index (χ0) is 9.28. The molecule has 1 amide bonds. The maximum absolute atomic E-state index is 11.5. The zero-order valence-electron chi connectivity index (χ0n) is 5.64. The van der Waals surface area contributed by atoms with Gasteiger partial charge in [0.05, 0.1) is 0 Å². The van der Waals surface area contributed by atoms with E-state index < -0.39 is 24.1 Å². The minimum Gasteiger partial charge on any atom is -0.380 e. The van der Waals surface area contributed by atoms with Crippen LogP contribution in [-0.4, -0.2) is 22.8 Å². The fourth-order valence-corrected chi connectivity index (χ4v) is 0.390. The highest BCUT2D eigenvalue weighted by atomic mass is 19.4. The second-order valence-corrected chi connectivity index (χ2v) is 2.20. The van der Waals surface area contributed by atoms with Crippen molar-refractivity contribution in [2.24, 2.45) is 5.73 Å². The van der Waals surface area contributed by atoms with Crippen LogP contribution in [0, 0.1) is 6.42 Å². The van der Waals surface area contributed by atoms with Gasteiger partial charge < -0.3 is 10.8 Å². The Morgan fingerprint density at radius 2 is 1.91 bits per heavy atom. The molecule has 65 valence electrons. The lowest BCUT2D eigenvalue weighted by molar-refractivity contribution is -0.148. The van der Waals surface area contributed by atoms with E-state index in [1.807, 2.05) is 0 Å². The van der Waals surface area contributed by atoms with Crippen molar-refractivity contribution in [3.8, 4) is 0 Å². The number of nitrogens with two attached hydrogens (primary N) is 1. The van der Waals surface area contributed by atoms with Crippen LogP contribution in [0.25, 0.3) is 0 Å². The minimum absolute atomic E-state index is 0.470. The van der Waals surface area contributed by atoms with E-state index in [4.69, 9.17) is 5.11 Å². The molecule has 0 aromatic carbocycles. The second kappa shape index (κ2) is 2.69. The molecular formula is C5H7F3NO2. The molecule has 0 aromatic rings. The van der Waals surface area contributed by atoms with Gasteiger partial charge in [-0.3, -0.25) is 4.79 Å². The molecule has 11 heavy (non-hydrogen) atoms. The highest BCUT2D eigenvalue weighted by molar-refractivity contribution is 5.84. The van der Waals surface area contributed by atoms with Crippen LogP contribution in [-0.2, 0) is 4.79 Å². The highest BCUT2D eigenvalue weighted by Crippen LogP contribution is 2.25. The van der Waals surface area contributed by atoms with Gasteiger partial charge in [-0.2, -0.15) is 13.2 Å². The quantitative estimate of drug-likeness (QED) is 0.612. The smallest absolute Gasteiger partial charge is 0.380 e. The van der Waals surface area contributed by atoms with Gasteiger partial charge in [0, 0.05) is 0 Å². The molecule has 6 heteroatoms. The third-order valence-corrected chi connectivity index (χ3v) is 0.944. The van der Waals surface area contributed by atoms with Crippen LogP contribution < -0.4 is 5.73 Å². The normalized spacial score (nSPS) is 17.5. The topological polar surface area (TPSA) is 63.3 Å². The maximum atomic E-state index is 11.5. The van der Waals surface area contributed by atoms with Gasteiger partial charge in [-0.05, 0) is 6.92 Å². The first-order chi connectivity index (χ1) is 4.65. The SMILES string of the molecule is CC(O)([CH]C(F)(F)F)C(N)=O. The van der Waals surface area contributed by atoms with Crippen LogP contribution in [0.5, 0.6) is 0 Å². The molecule has 0 saturated heterocycles. The number of rotatable bonds is 2. The van der Waals surface area contributed by atoms with E-state index in [0.29, 0.717) is 6.92 Å². The Morgan fingerprint density at radius 3 is 2.00 bits per heavy atom. The summed E-state index contributed by atoms with van der Waals surface area (Å²) in [5.41, 5.74) is 1.83. The van der Waals surface area contributed by atoms with Gasteiger partial charge in [0.15, 0.2) is 5.60 Å². The van der Waals surface area contributed by atoms with Crippen molar-refractivity contribution in [2.75, 3.05) is 0 Å². The van der Waals surface area contributed by atoms with Crippen molar-refractivity contribution in [3.05, 3.63) is 6.42 Å². The Morgan fingerprint density at radius 1 is 1.55 bits per heavy atom. The van der Waals surface area contributed by atoms with Gasteiger partial charge in [-0.15, -0.1) is 0 Å². The number of carbonyl (C=O) groups is 1. The Labute approximate surface area is 61.0 Å². The van der Waals surface area contributed by atoms with Crippen molar-refractivity contribution < 1.29 is 23.1 Å². The number of hydrogen-bond acceptors (Lipinski definition) is 2. The monoisotopic (exact) mass is 170 g/mol. The summed E-state index contributed by atoms with van der Waals surface area (Å²) in [6.07, 6.45) is -5.18. The molecular weight excluding hydrogens is 163 g/mol. The molecule has 0 heterocycles. The Kier molecular flexibility index (Phi) is 2.50. The molecule has 3 nitrogen and oxygen atoms in total. The molecule has 0 bridgehead atoms. The summed E-state index contributed by atoms with van der Waals surface area (Å²) < 4.78 is 34.5. The predicted molar refractivity (Wildman–Crippen MR) is 30.2 cm³/mol. The number of primary amides is 1. The van der Waals surface area contributed by atoms with Crippen LogP contribution >= 0.6 is 0 Å². The minimum atomic E-state index is -4.71. The number of alkyl halides is 3. The summed E-state index contributed by atoms with van der Waals surface area (Å²) in [5.74, 6) is -1.44. The number of carbonyl (C=O) groups excluding carboxylic acids is 1. The van der Waals surface area contributed by atoms with Crippen molar-refractivity contribution >= 4 is 5.91 Å². The van der Waals surface area contributed by atoms with E-state index in [2.05, 4.69) is 5.73 Å². The standard InChI is InChI=1S/C5H7F3NO2/c1-4(11,3(9)10)2-5(6,7)8/h2,11H,1H3,(H2,9,10). The van der Waals surface area contributed by atoms with Crippen molar-refractivity contribution in [2.45, 2.75) is 18.7 Å². The molecule has 0 aliphatic heterocycles. The third-order valence-electron chi connectivity index (χ3n) is 0.944. The number of halogens is 3. The van der Waals surface area contributed by atoms with E-state index in [0.717, 1.165) is 0 Å². The maximum Gasteiger partial charge on any atom is 0.395 e. The Bertz CT molecular complexity index is 164. The molecule has 1 radical (unpaired) electrons. The molecule has 0 aliphatic rings. The first kappa shape index (κ1) is 10.2. The van der Waals surface area contributed by atoms with Gasteiger partial charge in [0.25, 0.3) is 0 Å². The lowest BCUT2D eigenvalue weighted by Crippen LogP contribution is -2.45. The lowest BCUT2D eigenvalue weighted by atomic mass is 10.0. The number of aliphatic hydroxyl groups is 1. The van der Waals surface area contributed by atoms with Crippen molar-refractivity contribution in [3.63, 3.8) is 0 Å². The molecule has 1 unspecified atom stereocenters. The van der Waals surface area contributed by atoms with E-state index in [1.54, 1.807) is 0 Å². The van der Waals surface area contributed by atoms with E-state index in [1.165, 1.54) is 0 Å². The first-order valence-electron chi connectivity index (χ1n) is 2.61. The summed E-state index contributed by atoms with van der Waals surface area (Å²) >= 11 is 0. The highest BCUT2D eigenvalue weighted by Gasteiger charge is 2.42. The molecule has 0 aliphatic carbocycles. The molecule has 0 fully saturated rings. The molecule has 0 rings (SSSR count). The number of hydrogen-bond donors (Lipinski definition) is 2. The van der Waals surface area contributed by atoms with Gasteiger partial charge >= 0.3 is 6.18 Å². The molecule has 0 saturated carbocycles. The zero-order valence-corrected chi connectivity index (χ0v) is 5.64. The fourth-order valence-electron chi connectivity index (χ4n) is 0.390. The van der Waals surface area contributed by atoms with E-state index in [9.17, 15) is 18.0 Å². The largest absolute Gasteiger partial charge is 0.395 e. The van der Waals surface area contributed by atoms with E-state index >= 15 is 0 Å². The molecule has 0 spiro atoms. The fraction of sp³-hybridized carbons (Fsp3) is 0.600. The van der Waals surface area contributed by atoms with E-state index in [-0.39, 0.29) is 0 Å². The van der Waals surface area contributed by atoms with Crippen molar-refractivity contribution in [1.29, 1.82) is 0 Å². The van der Waals surface area contributed by atoms with Crippen LogP contribution in [0.1, 0.15) is 6.92 Å². The Hall–Kier alpha value is -0.780.